The molecule has 7 nitrogen and oxygen atoms in total. The van der Waals surface area contributed by atoms with Gasteiger partial charge in [0.05, 0.1) is 35.3 Å². The number of hydrogen-bond acceptors (Lipinski definition) is 6. The number of allylic oxidation sites excluding steroid dienone is 1. The zero-order valence-corrected chi connectivity index (χ0v) is 22.2. The van der Waals surface area contributed by atoms with Gasteiger partial charge in [-0.05, 0) is 85.5 Å². The fourth-order valence-electron chi connectivity index (χ4n) is 6.23. The number of phenols is 1. The molecule has 0 spiro atoms. The highest BCUT2D eigenvalue weighted by Gasteiger charge is 2.57. The Morgan fingerprint density at radius 2 is 1.95 bits per heavy atom. The van der Waals surface area contributed by atoms with Crippen molar-refractivity contribution >= 4 is 42.3 Å². The van der Waals surface area contributed by atoms with E-state index < -0.39 is 25.1 Å². The lowest BCUT2D eigenvalue weighted by Crippen LogP contribution is -2.46. The third kappa shape index (κ3) is 5.06. The highest BCUT2D eigenvalue weighted by Crippen LogP contribution is 2.51. The number of hydrogen-bond donors (Lipinski definition) is 2. The minimum Gasteiger partial charge on any atom is -0.508 e. The maximum atomic E-state index is 13.7. The van der Waals surface area contributed by atoms with E-state index in [9.17, 15) is 19.7 Å². The molecule has 2 amide bonds. The predicted octanol–water partition coefficient (Wildman–Crippen LogP) is 4.88. The maximum absolute atomic E-state index is 13.7. The van der Waals surface area contributed by atoms with E-state index in [1.165, 1.54) is 11.0 Å². The Kier molecular flexibility index (Phi) is 7.77. The average molecular weight is 536 g/mol. The topological polar surface area (TPSA) is 96.3 Å². The van der Waals surface area contributed by atoms with E-state index in [0.717, 1.165) is 22.3 Å². The van der Waals surface area contributed by atoms with Crippen molar-refractivity contribution in [3.63, 3.8) is 0 Å². The molecule has 5 rings (SSSR count). The lowest BCUT2D eigenvalue weighted by atomic mass is 9.58. The third-order valence-electron chi connectivity index (χ3n) is 7.83. The first-order valence-electron chi connectivity index (χ1n) is 12.9. The van der Waals surface area contributed by atoms with E-state index in [1.54, 1.807) is 31.4 Å². The first-order chi connectivity index (χ1) is 18.3. The van der Waals surface area contributed by atoms with Gasteiger partial charge >= 0.3 is 7.12 Å². The van der Waals surface area contributed by atoms with Crippen LogP contribution in [0.1, 0.15) is 31.7 Å². The molecule has 2 aromatic rings. The van der Waals surface area contributed by atoms with Gasteiger partial charge in [0.25, 0.3) is 0 Å². The number of benzene rings is 2. The number of carbonyl (C=O) groups is 2. The monoisotopic (exact) mass is 535 g/mol. The van der Waals surface area contributed by atoms with Crippen LogP contribution < -0.4 is 4.90 Å². The van der Waals surface area contributed by atoms with Crippen molar-refractivity contribution in [2.75, 3.05) is 18.6 Å². The quantitative estimate of drug-likeness (QED) is 0.298. The minimum absolute atomic E-state index is 0.111. The highest BCUT2D eigenvalue weighted by atomic mass is 35.5. The summed E-state index contributed by atoms with van der Waals surface area (Å²) in [6, 6.07) is 13.9. The molecule has 3 aliphatic rings. The number of fused-ring (bicyclic) bond motifs is 3. The van der Waals surface area contributed by atoms with Gasteiger partial charge in [0.15, 0.2) is 0 Å². The number of nitrogens with zero attached hydrogens (tertiary/aromatic N) is 1. The maximum Gasteiger partial charge on any atom is 0.455 e. The Hall–Kier alpha value is -2.91. The van der Waals surface area contributed by atoms with Gasteiger partial charge in [-0.2, -0.15) is 0 Å². The molecule has 9 heteroatoms. The van der Waals surface area contributed by atoms with Crippen molar-refractivity contribution in [2.24, 2.45) is 17.8 Å². The van der Waals surface area contributed by atoms with E-state index in [4.69, 9.17) is 21.0 Å². The number of rotatable bonds is 7. The number of amides is 2. The fourth-order valence-corrected chi connectivity index (χ4v) is 6.46. The summed E-state index contributed by atoms with van der Waals surface area (Å²) in [5.74, 6) is -1.61. The van der Waals surface area contributed by atoms with Crippen molar-refractivity contribution in [3.8, 4) is 5.75 Å². The molecule has 2 heterocycles. The van der Waals surface area contributed by atoms with Crippen molar-refractivity contribution in [3.05, 3.63) is 75.8 Å². The molecule has 2 aliphatic heterocycles. The van der Waals surface area contributed by atoms with Crippen LogP contribution in [0.2, 0.25) is 11.3 Å². The van der Waals surface area contributed by atoms with E-state index in [0.29, 0.717) is 36.6 Å². The molecule has 198 valence electrons. The molecule has 1 aliphatic carbocycles. The molecule has 2 aromatic carbocycles. The normalized spacial score (nSPS) is 25.6. The molecule has 0 aromatic heterocycles. The molecule has 0 unspecified atom stereocenters. The van der Waals surface area contributed by atoms with Crippen LogP contribution in [0, 0.1) is 17.8 Å². The predicted molar refractivity (Wildman–Crippen MR) is 147 cm³/mol. The van der Waals surface area contributed by atoms with E-state index >= 15 is 0 Å². The molecular formula is C29H31BClNO6. The SMILES string of the molecule is COCC1=C2[C@@H](CC/C(C)=C/c3ccc(O)cc3Cl)OB(O)C[C@@H]2[C@@H]2C(=O)N(c3ccccc3)C(=O)[C@@H]2C1. The van der Waals surface area contributed by atoms with Crippen LogP contribution in [0.25, 0.3) is 6.08 Å². The number of carbonyl (C=O) groups excluding carboxylic acids is 2. The van der Waals surface area contributed by atoms with Crippen molar-refractivity contribution in [1.82, 2.24) is 0 Å². The zero-order valence-electron chi connectivity index (χ0n) is 21.5. The van der Waals surface area contributed by atoms with Gasteiger partial charge in [0.2, 0.25) is 11.8 Å². The van der Waals surface area contributed by atoms with Crippen LogP contribution in [-0.4, -0.2) is 48.9 Å². The first-order valence-corrected chi connectivity index (χ1v) is 13.3. The van der Waals surface area contributed by atoms with Gasteiger partial charge < -0.3 is 19.5 Å². The number of aromatic hydroxyl groups is 1. The molecule has 2 fully saturated rings. The molecular weight excluding hydrogens is 505 g/mol. The van der Waals surface area contributed by atoms with Crippen LogP contribution >= 0.6 is 11.6 Å². The van der Waals surface area contributed by atoms with Crippen LogP contribution in [-0.2, 0) is 19.0 Å². The van der Waals surface area contributed by atoms with Crippen molar-refractivity contribution in [1.29, 1.82) is 0 Å². The summed E-state index contributed by atoms with van der Waals surface area (Å²) in [5, 5.41) is 20.8. The summed E-state index contributed by atoms with van der Waals surface area (Å²) in [5.41, 5.74) is 4.41. The largest absolute Gasteiger partial charge is 0.508 e. The Morgan fingerprint density at radius 1 is 1.18 bits per heavy atom. The Bertz CT molecular complexity index is 1300. The molecule has 38 heavy (non-hydrogen) atoms. The van der Waals surface area contributed by atoms with Gasteiger partial charge in [0.1, 0.15) is 5.75 Å². The van der Waals surface area contributed by atoms with E-state index in [2.05, 4.69) is 0 Å². The van der Waals surface area contributed by atoms with E-state index in [-0.39, 0.29) is 29.8 Å². The summed E-state index contributed by atoms with van der Waals surface area (Å²) in [4.78, 5) is 28.5. The van der Waals surface area contributed by atoms with Gasteiger partial charge in [-0.15, -0.1) is 0 Å². The number of anilines is 1. The number of ether oxygens (including phenoxy) is 1. The fraction of sp³-hybridized carbons (Fsp3) is 0.379. The second-order valence-electron chi connectivity index (χ2n) is 10.3. The molecule has 0 radical (unpaired) electrons. The molecule has 2 saturated heterocycles. The average Bonchev–Trinajstić information content (AvgIpc) is 3.14. The smallest absolute Gasteiger partial charge is 0.455 e. The number of halogens is 1. The number of phenolic OH excluding ortho intramolecular Hbond substituents is 1. The van der Waals surface area contributed by atoms with Crippen molar-refractivity contribution < 1.29 is 29.1 Å². The number of methoxy groups -OCH3 is 1. The first kappa shape index (κ1) is 26.7. The summed E-state index contributed by atoms with van der Waals surface area (Å²) in [6.45, 7) is 2.34. The second-order valence-corrected chi connectivity index (χ2v) is 10.7. The number of para-hydroxylation sites is 1. The second kappa shape index (κ2) is 11.1. The lowest BCUT2D eigenvalue weighted by Gasteiger charge is -2.43. The Morgan fingerprint density at radius 3 is 2.66 bits per heavy atom. The summed E-state index contributed by atoms with van der Waals surface area (Å²) < 4.78 is 11.6. The van der Waals surface area contributed by atoms with Crippen LogP contribution in [0.15, 0.2) is 65.3 Å². The summed E-state index contributed by atoms with van der Waals surface area (Å²) >= 11 is 6.27. The van der Waals surface area contributed by atoms with Crippen LogP contribution in [0.3, 0.4) is 0 Å². The third-order valence-corrected chi connectivity index (χ3v) is 8.16. The Balaban J connectivity index is 1.42. The summed E-state index contributed by atoms with van der Waals surface area (Å²) in [6.07, 6.45) is 3.53. The standard InChI is InChI=1S/C29H31BClNO6/c1-17(12-18-9-10-21(33)14-24(18)31)8-11-25-26-19(16-37-2)13-22-27(23(26)15-30(36)38-25)29(35)32(28(22)34)20-6-4-3-5-7-20/h3-7,9-10,12,14,22-23,25,27,33,36H,8,11,13,15-16H2,1-2H3/b17-12+/t22-,23+,25-,27-/m1/s1. The molecule has 2 N–H and O–H groups in total. The van der Waals surface area contributed by atoms with Crippen LogP contribution in [0.5, 0.6) is 5.75 Å². The van der Waals surface area contributed by atoms with Gasteiger partial charge in [-0.3, -0.25) is 14.5 Å². The van der Waals surface area contributed by atoms with Crippen molar-refractivity contribution in [2.45, 2.75) is 38.6 Å². The number of imide groups is 1. The van der Waals surface area contributed by atoms with Crippen LogP contribution in [0.4, 0.5) is 5.69 Å². The molecule has 0 bridgehead atoms. The summed E-state index contributed by atoms with van der Waals surface area (Å²) in [7, 11) is 0.592. The van der Waals surface area contributed by atoms with E-state index in [1.807, 2.05) is 31.2 Å². The van der Waals surface area contributed by atoms with Gasteiger partial charge in [-0.1, -0.05) is 41.4 Å². The molecule has 0 saturated carbocycles. The zero-order chi connectivity index (χ0) is 27.0. The lowest BCUT2D eigenvalue weighted by molar-refractivity contribution is -0.122. The minimum atomic E-state index is -1.03. The van der Waals surface area contributed by atoms with Gasteiger partial charge in [-0.25, -0.2) is 0 Å². The van der Waals surface area contributed by atoms with Gasteiger partial charge in [0, 0.05) is 7.11 Å². The highest BCUT2D eigenvalue weighted by molar-refractivity contribution is 6.43. The molecule has 4 atom stereocenters. The Labute approximate surface area is 227 Å².